The lowest BCUT2D eigenvalue weighted by atomic mass is 10.2. The first kappa shape index (κ1) is 17.3. The maximum atomic E-state index is 11.8. The van der Waals surface area contributed by atoms with Crippen molar-refractivity contribution in [3.05, 3.63) is 53.9 Å². The van der Waals surface area contributed by atoms with Gasteiger partial charge in [0.05, 0.1) is 26.3 Å². The van der Waals surface area contributed by atoms with Crippen LogP contribution in [0.3, 0.4) is 0 Å². The minimum atomic E-state index is -0.343. The van der Waals surface area contributed by atoms with Crippen molar-refractivity contribution in [3.8, 4) is 11.5 Å². The maximum Gasteiger partial charge on any atom is 0.253 e. The summed E-state index contributed by atoms with van der Waals surface area (Å²) in [5.41, 5.74) is 1.27. The Bertz CT molecular complexity index is 704. The maximum absolute atomic E-state index is 11.8. The number of carbonyl (C=O) groups is 2. The van der Waals surface area contributed by atoms with Gasteiger partial charge in [0, 0.05) is 18.9 Å². The van der Waals surface area contributed by atoms with Crippen LogP contribution in [0, 0.1) is 0 Å². The zero-order valence-corrected chi connectivity index (χ0v) is 13.5. The monoisotopic (exact) mass is 329 g/mol. The lowest BCUT2D eigenvalue weighted by Crippen LogP contribution is -2.36. The molecule has 2 rings (SSSR count). The molecule has 1 heterocycles. The summed E-state index contributed by atoms with van der Waals surface area (Å²) in [6, 6.07) is 8.67. The fraction of sp³-hybridized carbons (Fsp3) is 0.235. The molecule has 0 aliphatic carbocycles. The lowest BCUT2D eigenvalue weighted by molar-refractivity contribution is -0.120. The van der Waals surface area contributed by atoms with Crippen LogP contribution in [0.2, 0.25) is 0 Å². The van der Waals surface area contributed by atoms with Crippen LogP contribution in [0.4, 0.5) is 0 Å². The number of methoxy groups -OCH3 is 2. The van der Waals surface area contributed by atoms with Gasteiger partial charge in [-0.05, 0) is 29.8 Å². The van der Waals surface area contributed by atoms with Gasteiger partial charge in [0.15, 0.2) is 11.5 Å². The Hall–Kier alpha value is -3.09. The van der Waals surface area contributed by atoms with Gasteiger partial charge < -0.3 is 20.1 Å². The highest BCUT2D eigenvalue weighted by molar-refractivity contribution is 5.96. The van der Waals surface area contributed by atoms with Crippen molar-refractivity contribution >= 4 is 11.8 Å². The van der Waals surface area contributed by atoms with E-state index in [1.165, 1.54) is 6.20 Å². The van der Waals surface area contributed by atoms with Gasteiger partial charge in [-0.15, -0.1) is 0 Å². The Morgan fingerprint density at radius 2 is 1.88 bits per heavy atom. The van der Waals surface area contributed by atoms with Gasteiger partial charge in [-0.25, -0.2) is 0 Å². The molecule has 0 saturated heterocycles. The van der Waals surface area contributed by atoms with Crippen molar-refractivity contribution in [1.29, 1.82) is 0 Å². The number of pyridine rings is 1. The molecule has 0 radical (unpaired) electrons. The Balaban J connectivity index is 1.82. The number of nitrogens with zero attached hydrogens (tertiary/aromatic N) is 1. The minimum Gasteiger partial charge on any atom is -0.493 e. The predicted molar refractivity (Wildman–Crippen MR) is 88.0 cm³/mol. The molecule has 2 N–H and O–H groups in total. The van der Waals surface area contributed by atoms with Crippen LogP contribution in [0.1, 0.15) is 15.9 Å². The molecule has 0 spiro atoms. The van der Waals surface area contributed by atoms with E-state index in [1.54, 1.807) is 44.7 Å². The molecule has 7 heteroatoms. The van der Waals surface area contributed by atoms with E-state index in [2.05, 4.69) is 15.6 Å². The highest BCUT2D eigenvalue weighted by Crippen LogP contribution is 2.27. The largest absolute Gasteiger partial charge is 0.493 e. The van der Waals surface area contributed by atoms with Crippen LogP contribution in [0.15, 0.2) is 42.7 Å². The molecule has 0 bridgehead atoms. The Morgan fingerprint density at radius 3 is 2.54 bits per heavy atom. The zero-order chi connectivity index (χ0) is 17.4. The highest BCUT2D eigenvalue weighted by Gasteiger charge is 2.09. The number of carbonyl (C=O) groups excluding carboxylic acids is 2. The van der Waals surface area contributed by atoms with E-state index >= 15 is 0 Å². The summed E-state index contributed by atoms with van der Waals surface area (Å²) in [5, 5.41) is 5.27. The van der Waals surface area contributed by atoms with Crippen LogP contribution in [0.25, 0.3) is 0 Å². The lowest BCUT2D eigenvalue weighted by Gasteiger charge is -2.10. The van der Waals surface area contributed by atoms with Gasteiger partial charge >= 0.3 is 0 Å². The third-order valence-electron chi connectivity index (χ3n) is 3.27. The average molecular weight is 329 g/mol. The number of hydrogen-bond acceptors (Lipinski definition) is 5. The SMILES string of the molecule is COc1ccc(CNC(=O)CNC(=O)c2cccnc2)cc1OC. The van der Waals surface area contributed by atoms with E-state index in [-0.39, 0.29) is 18.4 Å². The van der Waals surface area contributed by atoms with E-state index in [1.807, 2.05) is 6.07 Å². The average Bonchev–Trinajstić information content (AvgIpc) is 2.64. The predicted octanol–water partition coefficient (Wildman–Crippen LogP) is 1.14. The van der Waals surface area contributed by atoms with Crippen molar-refractivity contribution in [2.75, 3.05) is 20.8 Å². The first-order valence-corrected chi connectivity index (χ1v) is 7.30. The van der Waals surface area contributed by atoms with Gasteiger partial charge in [-0.3, -0.25) is 14.6 Å². The van der Waals surface area contributed by atoms with E-state index < -0.39 is 0 Å². The van der Waals surface area contributed by atoms with Gasteiger partial charge in [-0.2, -0.15) is 0 Å². The Labute approximate surface area is 140 Å². The van der Waals surface area contributed by atoms with Gasteiger partial charge in [0.1, 0.15) is 0 Å². The minimum absolute atomic E-state index is 0.110. The Morgan fingerprint density at radius 1 is 1.08 bits per heavy atom. The van der Waals surface area contributed by atoms with Crippen LogP contribution in [-0.4, -0.2) is 37.6 Å². The summed E-state index contributed by atoms with van der Waals surface area (Å²) in [6.45, 7) is 0.211. The summed E-state index contributed by atoms with van der Waals surface area (Å²) < 4.78 is 10.4. The first-order valence-electron chi connectivity index (χ1n) is 7.30. The van der Waals surface area contributed by atoms with Crippen LogP contribution in [-0.2, 0) is 11.3 Å². The van der Waals surface area contributed by atoms with Crippen LogP contribution in [0.5, 0.6) is 11.5 Å². The van der Waals surface area contributed by atoms with E-state index in [0.29, 0.717) is 23.6 Å². The fourth-order valence-electron chi connectivity index (χ4n) is 2.01. The van der Waals surface area contributed by atoms with E-state index in [9.17, 15) is 9.59 Å². The molecule has 0 fully saturated rings. The molecule has 0 aliphatic rings. The quantitative estimate of drug-likeness (QED) is 0.795. The molecule has 7 nitrogen and oxygen atoms in total. The van der Waals surface area contributed by atoms with Crippen molar-refractivity contribution in [2.45, 2.75) is 6.54 Å². The summed E-state index contributed by atoms with van der Waals surface area (Å²) in [6.07, 6.45) is 3.02. The fourth-order valence-corrected chi connectivity index (χ4v) is 2.01. The third-order valence-corrected chi connectivity index (χ3v) is 3.27. The number of hydrogen-bond donors (Lipinski definition) is 2. The molecule has 24 heavy (non-hydrogen) atoms. The molecule has 2 amide bonds. The topological polar surface area (TPSA) is 89.6 Å². The molecule has 0 unspecified atom stereocenters. The van der Waals surface area contributed by atoms with Crippen molar-refractivity contribution < 1.29 is 19.1 Å². The molecule has 1 aromatic heterocycles. The second-order valence-corrected chi connectivity index (χ2v) is 4.89. The molecule has 2 aromatic rings. The molecule has 0 saturated carbocycles. The summed E-state index contributed by atoms with van der Waals surface area (Å²) in [7, 11) is 3.11. The van der Waals surface area contributed by atoms with E-state index in [0.717, 1.165) is 5.56 Å². The van der Waals surface area contributed by atoms with Gasteiger partial charge in [0.25, 0.3) is 5.91 Å². The number of amides is 2. The summed E-state index contributed by atoms with van der Waals surface area (Å²) in [4.78, 5) is 27.5. The summed E-state index contributed by atoms with van der Waals surface area (Å²) >= 11 is 0. The standard InChI is InChI=1S/C17H19N3O4/c1-23-14-6-5-12(8-15(14)24-2)9-19-16(21)11-20-17(22)13-4-3-7-18-10-13/h3-8,10H,9,11H2,1-2H3,(H,19,21)(H,20,22). The molecule has 1 aromatic carbocycles. The normalized spacial score (nSPS) is 9.92. The molecular weight excluding hydrogens is 310 g/mol. The smallest absolute Gasteiger partial charge is 0.253 e. The zero-order valence-electron chi connectivity index (χ0n) is 13.5. The van der Waals surface area contributed by atoms with Crippen molar-refractivity contribution in [3.63, 3.8) is 0 Å². The van der Waals surface area contributed by atoms with E-state index in [4.69, 9.17) is 9.47 Å². The molecule has 0 aliphatic heterocycles. The van der Waals surface area contributed by atoms with Crippen molar-refractivity contribution in [2.24, 2.45) is 0 Å². The van der Waals surface area contributed by atoms with Gasteiger partial charge in [0.2, 0.25) is 5.91 Å². The second kappa shape index (κ2) is 8.52. The second-order valence-electron chi connectivity index (χ2n) is 4.89. The number of ether oxygens (including phenoxy) is 2. The number of rotatable bonds is 7. The third kappa shape index (κ3) is 4.70. The number of benzene rings is 1. The molecule has 0 atom stereocenters. The highest BCUT2D eigenvalue weighted by atomic mass is 16.5. The number of aromatic nitrogens is 1. The number of nitrogens with one attached hydrogen (secondary N) is 2. The van der Waals surface area contributed by atoms with Gasteiger partial charge in [-0.1, -0.05) is 6.07 Å². The first-order chi connectivity index (χ1) is 11.6. The van der Waals surface area contributed by atoms with Crippen molar-refractivity contribution in [1.82, 2.24) is 15.6 Å². The Kier molecular flexibility index (Phi) is 6.13. The summed E-state index contributed by atoms with van der Waals surface area (Å²) in [5.74, 6) is 0.580. The molecular formula is C17H19N3O4. The van der Waals surface area contributed by atoms with Crippen LogP contribution >= 0.6 is 0 Å². The van der Waals surface area contributed by atoms with Crippen LogP contribution < -0.4 is 20.1 Å². The molecule has 126 valence electrons.